The summed E-state index contributed by atoms with van der Waals surface area (Å²) >= 11 is 0. The van der Waals surface area contributed by atoms with Gasteiger partial charge in [-0.15, -0.1) is 0 Å². The van der Waals surface area contributed by atoms with Gasteiger partial charge < -0.3 is 14.2 Å². The van der Waals surface area contributed by atoms with Crippen LogP contribution < -0.4 is 9.47 Å². The number of nitrogens with zero attached hydrogens (tertiary/aromatic N) is 1. The Labute approximate surface area is 152 Å². The minimum atomic E-state index is -1.23. The number of hydrogen-bond donors (Lipinski definition) is 0. The first-order valence-corrected chi connectivity index (χ1v) is 7.95. The molecule has 0 spiro atoms. The highest BCUT2D eigenvalue weighted by molar-refractivity contribution is 6.02. The van der Waals surface area contributed by atoms with Crippen LogP contribution in [-0.4, -0.2) is 36.0 Å². The molecule has 3 rings (SSSR count). The molecule has 8 nitrogen and oxygen atoms in total. The van der Waals surface area contributed by atoms with Gasteiger partial charge in [0, 0.05) is 11.6 Å². The molecule has 9 heteroatoms. The van der Waals surface area contributed by atoms with Crippen molar-refractivity contribution in [1.82, 2.24) is 0 Å². The molecule has 0 saturated heterocycles. The Kier molecular flexibility index (Phi) is 5.02. The smallest absolute Gasteiger partial charge is 0.346 e. The van der Waals surface area contributed by atoms with Gasteiger partial charge in [-0.05, 0) is 31.2 Å². The first-order valence-electron chi connectivity index (χ1n) is 7.95. The third kappa shape index (κ3) is 3.86. The van der Waals surface area contributed by atoms with Crippen LogP contribution in [0.2, 0.25) is 0 Å². The van der Waals surface area contributed by atoms with E-state index in [4.69, 9.17) is 14.2 Å². The highest BCUT2D eigenvalue weighted by atomic mass is 19.1. The average Bonchev–Trinajstić information content (AvgIpc) is 2.66. The molecule has 0 aromatic heterocycles. The largest absolute Gasteiger partial charge is 0.486 e. The molecule has 1 aliphatic rings. The van der Waals surface area contributed by atoms with Crippen molar-refractivity contribution < 1.29 is 33.1 Å². The number of benzene rings is 2. The monoisotopic (exact) mass is 375 g/mol. The second-order valence-corrected chi connectivity index (χ2v) is 5.69. The number of ketones is 1. The molecule has 0 radical (unpaired) electrons. The Balaban J connectivity index is 1.83. The van der Waals surface area contributed by atoms with E-state index in [1.807, 2.05) is 0 Å². The van der Waals surface area contributed by atoms with Crippen molar-refractivity contribution in [2.24, 2.45) is 0 Å². The summed E-state index contributed by atoms with van der Waals surface area (Å²) in [6, 6.07) is 6.96. The zero-order valence-electron chi connectivity index (χ0n) is 14.1. The molecule has 2 aromatic carbocycles. The van der Waals surface area contributed by atoms with E-state index in [9.17, 15) is 24.1 Å². The summed E-state index contributed by atoms with van der Waals surface area (Å²) in [6.07, 6.45) is -1.23. The summed E-state index contributed by atoms with van der Waals surface area (Å²) in [5.41, 5.74) is -0.734. The summed E-state index contributed by atoms with van der Waals surface area (Å²) in [6.45, 7) is 1.79. The summed E-state index contributed by atoms with van der Waals surface area (Å²) in [7, 11) is 0. The van der Waals surface area contributed by atoms with Gasteiger partial charge >= 0.3 is 5.97 Å². The quantitative estimate of drug-likeness (QED) is 0.342. The molecular formula is C18H14FNO7. The molecular weight excluding hydrogens is 361 g/mol. The Morgan fingerprint density at radius 2 is 1.74 bits per heavy atom. The summed E-state index contributed by atoms with van der Waals surface area (Å²) in [5, 5.41) is 11.3. The highest BCUT2D eigenvalue weighted by Crippen LogP contribution is 2.37. The van der Waals surface area contributed by atoms with Crippen molar-refractivity contribution in [3.05, 3.63) is 63.5 Å². The molecule has 1 atom stereocenters. The van der Waals surface area contributed by atoms with E-state index >= 15 is 0 Å². The summed E-state index contributed by atoms with van der Waals surface area (Å²) in [5.74, 6) is -1.80. The number of nitro groups is 1. The second-order valence-electron chi connectivity index (χ2n) is 5.69. The molecule has 0 bridgehead atoms. The zero-order valence-corrected chi connectivity index (χ0v) is 14.1. The molecule has 0 saturated carbocycles. The number of hydrogen-bond acceptors (Lipinski definition) is 7. The molecule has 0 N–H and O–H groups in total. The van der Waals surface area contributed by atoms with Crippen molar-refractivity contribution >= 4 is 17.4 Å². The molecule has 140 valence electrons. The second kappa shape index (κ2) is 7.40. The number of nitro benzene ring substituents is 1. The van der Waals surface area contributed by atoms with Gasteiger partial charge in [-0.1, -0.05) is 0 Å². The molecule has 0 fully saturated rings. The maximum Gasteiger partial charge on any atom is 0.346 e. The molecule has 0 aliphatic carbocycles. The van der Waals surface area contributed by atoms with Crippen LogP contribution in [0, 0.1) is 15.9 Å². The Morgan fingerprint density at radius 3 is 2.33 bits per heavy atom. The van der Waals surface area contributed by atoms with E-state index < -0.39 is 34.3 Å². The predicted molar refractivity (Wildman–Crippen MR) is 89.7 cm³/mol. The number of esters is 1. The maximum atomic E-state index is 13.0. The molecule has 0 unspecified atom stereocenters. The van der Waals surface area contributed by atoms with Gasteiger partial charge in [0.2, 0.25) is 5.78 Å². The van der Waals surface area contributed by atoms with Crippen molar-refractivity contribution in [1.29, 1.82) is 0 Å². The van der Waals surface area contributed by atoms with E-state index in [1.54, 1.807) is 0 Å². The van der Waals surface area contributed by atoms with Crippen molar-refractivity contribution in [2.75, 3.05) is 13.2 Å². The minimum Gasteiger partial charge on any atom is -0.486 e. The normalized spacial score (nSPS) is 13.6. The van der Waals surface area contributed by atoms with Crippen LogP contribution in [0.15, 0.2) is 36.4 Å². The van der Waals surface area contributed by atoms with Crippen LogP contribution in [-0.2, 0) is 4.74 Å². The van der Waals surface area contributed by atoms with Gasteiger partial charge in [0.25, 0.3) is 5.69 Å². The number of carbonyl (C=O) groups is 2. The Morgan fingerprint density at radius 1 is 1.15 bits per heavy atom. The van der Waals surface area contributed by atoms with E-state index in [0.717, 1.165) is 24.3 Å². The molecule has 2 aromatic rings. The lowest BCUT2D eigenvalue weighted by atomic mass is 10.1. The molecule has 27 heavy (non-hydrogen) atoms. The molecule has 0 amide bonds. The third-order valence-corrected chi connectivity index (χ3v) is 3.86. The minimum absolute atomic E-state index is 0.147. The van der Waals surface area contributed by atoms with E-state index in [-0.39, 0.29) is 35.8 Å². The standard InChI is InChI=1S/C18H14FNO7/c1-10(17(21)11-2-4-12(19)5-3-11)27-18(22)13-8-15-16(26-7-6-25-15)9-14(13)20(23)24/h2-5,8-10H,6-7H2,1H3/t10-/m1/s1. The van der Waals surface area contributed by atoms with Crippen molar-refractivity contribution in [3.8, 4) is 11.5 Å². The highest BCUT2D eigenvalue weighted by Gasteiger charge is 2.29. The first kappa shape index (κ1) is 18.3. The van der Waals surface area contributed by atoms with Crippen LogP contribution in [0.3, 0.4) is 0 Å². The van der Waals surface area contributed by atoms with Crippen LogP contribution in [0.5, 0.6) is 11.5 Å². The van der Waals surface area contributed by atoms with Gasteiger partial charge in [-0.25, -0.2) is 9.18 Å². The lowest BCUT2D eigenvalue weighted by Crippen LogP contribution is -2.25. The van der Waals surface area contributed by atoms with Crippen molar-refractivity contribution in [3.63, 3.8) is 0 Å². The summed E-state index contributed by atoms with van der Waals surface area (Å²) < 4.78 is 28.6. The predicted octanol–water partition coefficient (Wildman–Crippen LogP) is 2.93. The topological polar surface area (TPSA) is 105 Å². The number of halogens is 1. The molecule has 1 aliphatic heterocycles. The number of carbonyl (C=O) groups excluding carboxylic acids is 2. The fourth-order valence-corrected chi connectivity index (χ4v) is 2.52. The molecule has 1 heterocycles. The number of ether oxygens (including phenoxy) is 3. The lowest BCUT2D eigenvalue weighted by Gasteiger charge is -2.19. The van der Waals surface area contributed by atoms with E-state index in [0.29, 0.717) is 0 Å². The Hall–Kier alpha value is -3.49. The van der Waals surface area contributed by atoms with Crippen molar-refractivity contribution in [2.45, 2.75) is 13.0 Å². The van der Waals surface area contributed by atoms with Gasteiger partial charge in [-0.3, -0.25) is 14.9 Å². The number of rotatable bonds is 5. The van der Waals surface area contributed by atoms with Gasteiger partial charge in [0.1, 0.15) is 24.6 Å². The fraction of sp³-hybridized carbons (Fsp3) is 0.222. The summed E-state index contributed by atoms with van der Waals surface area (Å²) in [4.78, 5) is 35.3. The van der Waals surface area contributed by atoms with Crippen LogP contribution in [0.25, 0.3) is 0 Å². The SMILES string of the molecule is C[C@@H](OC(=O)c1cc2c(cc1[N+](=O)[O-])OCCO2)C(=O)c1ccc(F)cc1. The average molecular weight is 375 g/mol. The lowest BCUT2D eigenvalue weighted by molar-refractivity contribution is -0.385. The van der Waals surface area contributed by atoms with Gasteiger partial charge in [-0.2, -0.15) is 0 Å². The number of fused-ring (bicyclic) bond motifs is 1. The van der Waals surface area contributed by atoms with Gasteiger partial charge in [0.15, 0.2) is 17.6 Å². The van der Waals surface area contributed by atoms with E-state index in [2.05, 4.69) is 0 Å². The number of Topliss-reactive ketones (excluding diaryl/α,β-unsaturated/α-hetero) is 1. The van der Waals surface area contributed by atoms with Crippen LogP contribution >= 0.6 is 0 Å². The zero-order chi connectivity index (χ0) is 19.6. The Bertz CT molecular complexity index is 911. The maximum absolute atomic E-state index is 13.0. The van der Waals surface area contributed by atoms with Crippen LogP contribution in [0.4, 0.5) is 10.1 Å². The van der Waals surface area contributed by atoms with E-state index in [1.165, 1.54) is 19.1 Å². The first-order chi connectivity index (χ1) is 12.9. The third-order valence-electron chi connectivity index (χ3n) is 3.86. The van der Waals surface area contributed by atoms with Gasteiger partial charge in [0.05, 0.1) is 11.0 Å². The van der Waals surface area contributed by atoms with Crippen LogP contribution in [0.1, 0.15) is 27.6 Å². The fourth-order valence-electron chi connectivity index (χ4n) is 2.52.